The lowest BCUT2D eigenvalue weighted by Gasteiger charge is -2.14. The number of hydrogen-bond donors (Lipinski definition) is 1. The molecule has 4 nitrogen and oxygen atoms in total. The van der Waals surface area contributed by atoms with E-state index >= 15 is 0 Å². The molecular weight excluding hydrogens is 280 g/mol. The Morgan fingerprint density at radius 1 is 1.29 bits per heavy atom. The predicted molar refractivity (Wildman–Crippen MR) is 88.9 cm³/mol. The summed E-state index contributed by atoms with van der Waals surface area (Å²) in [6.45, 7) is 10.7. The zero-order chi connectivity index (χ0) is 15.2. The quantitative estimate of drug-likeness (QED) is 0.802. The number of aromatic nitrogens is 3. The molecule has 21 heavy (non-hydrogen) atoms. The number of thiazole rings is 1. The van der Waals surface area contributed by atoms with Gasteiger partial charge in [0.15, 0.2) is 0 Å². The summed E-state index contributed by atoms with van der Waals surface area (Å²) in [5.74, 6) is 0.477. The first-order chi connectivity index (χ1) is 10.2. The molecule has 2 aromatic heterocycles. The van der Waals surface area contributed by atoms with E-state index in [-0.39, 0.29) is 6.04 Å². The average molecular weight is 306 g/mol. The lowest BCUT2D eigenvalue weighted by molar-refractivity contribution is 0.585. The molecule has 2 aromatic rings. The summed E-state index contributed by atoms with van der Waals surface area (Å²) in [5, 5.41) is 11.4. The van der Waals surface area contributed by atoms with E-state index in [1.165, 1.54) is 11.3 Å². The van der Waals surface area contributed by atoms with Crippen LogP contribution in [0.4, 0.5) is 0 Å². The van der Waals surface area contributed by atoms with Crippen LogP contribution in [0.3, 0.4) is 0 Å². The van der Waals surface area contributed by atoms with E-state index in [1.807, 2.05) is 10.9 Å². The van der Waals surface area contributed by atoms with E-state index in [2.05, 4.69) is 49.7 Å². The molecule has 5 heteroatoms. The van der Waals surface area contributed by atoms with Gasteiger partial charge in [-0.1, -0.05) is 27.7 Å². The summed E-state index contributed by atoms with van der Waals surface area (Å²) in [4.78, 5) is 4.81. The lowest BCUT2D eigenvalue weighted by atomic mass is 10.1. The van der Waals surface area contributed by atoms with Gasteiger partial charge in [0, 0.05) is 23.7 Å². The van der Waals surface area contributed by atoms with Gasteiger partial charge in [-0.15, -0.1) is 11.3 Å². The molecule has 0 saturated heterocycles. The van der Waals surface area contributed by atoms with Gasteiger partial charge in [0.1, 0.15) is 5.01 Å². The third kappa shape index (κ3) is 4.14. The summed E-state index contributed by atoms with van der Waals surface area (Å²) in [6, 6.07) is 0.160. The maximum Gasteiger partial charge on any atom is 0.115 e. The van der Waals surface area contributed by atoms with Crippen molar-refractivity contribution < 1.29 is 0 Å². The highest BCUT2D eigenvalue weighted by Crippen LogP contribution is 2.27. The Morgan fingerprint density at radius 2 is 2.10 bits per heavy atom. The van der Waals surface area contributed by atoms with Gasteiger partial charge in [-0.3, -0.25) is 4.68 Å². The van der Waals surface area contributed by atoms with Crippen molar-refractivity contribution in [3.05, 3.63) is 34.0 Å². The smallest absolute Gasteiger partial charge is 0.115 e. The molecule has 0 aliphatic rings. The zero-order valence-corrected chi connectivity index (χ0v) is 14.3. The fourth-order valence-electron chi connectivity index (χ4n) is 2.21. The molecule has 0 aliphatic heterocycles. The number of nitrogens with one attached hydrogen (secondary N) is 1. The minimum atomic E-state index is 0.160. The van der Waals surface area contributed by atoms with Crippen molar-refractivity contribution in [3.63, 3.8) is 0 Å². The molecule has 0 aromatic carbocycles. The van der Waals surface area contributed by atoms with Crippen LogP contribution in [0.2, 0.25) is 0 Å². The minimum absolute atomic E-state index is 0.160. The molecule has 2 rings (SSSR count). The van der Waals surface area contributed by atoms with Crippen LogP contribution in [0.15, 0.2) is 17.8 Å². The summed E-state index contributed by atoms with van der Waals surface area (Å²) in [7, 11) is 0. The molecule has 116 valence electrons. The molecule has 0 bridgehead atoms. The SMILES string of the molecule is CCCNC(c1cnn(CCC)c1)c1nc(C(C)C)cs1. The minimum Gasteiger partial charge on any atom is -0.304 e. The first kappa shape index (κ1) is 16.2. The van der Waals surface area contributed by atoms with Crippen molar-refractivity contribution in [3.8, 4) is 0 Å². The van der Waals surface area contributed by atoms with E-state index in [0.29, 0.717) is 5.92 Å². The highest BCUT2D eigenvalue weighted by Gasteiger charge is 2.19. The Balaban J connectivity index is 2.23. The Labute approximate surface area is 131 Å². The number of hydrogen-bond acceptors (Lipinski definition) is 4. The van der Waals surface area contributed by atoms with Crippen molar-refractivity contribution in [1.82, 2.24) is 20.1 Å². The van der Waals surface area contributed by atoms with Gasteiger partial charge in [-0.2, -0.15) is 5.10 Å². The van der Waals surface area contributed by atoms with Gasteiger partial charge >= 0.3 is 0 Å². The van der Waals surface area contributed by atoms with Crippen LogP contribution in [-0.4, -0.2) is 21.3 Å². The number of aryl methyl sites for hydroxylation is 1. The Hall–Kier alpha value is -1.20. The standard InChI is InChI=1S/C16H26N4S/c1-5-7-17-15(13-9-18-20(10-13)8-6-2)16-19-14(11-21-16)12(3)4/h9-12,15,17H,5-8H2,1-4H3. The molecule has 1 unspecified atom stereocenters. The molecule has 0 radical (unpaired) electrons. The van der Waals surface area contributed by atoms with Crippen LogP contribution < -0.4 is 5.32 Å². The van der Waals surface area contributed by atoms with Crippen molar-refractivity contribution in [2.45, 2.75) is 59.0 Å². The second-order valence-electron chi connectivity index (χ2n) is 5.69. The van der Waals surface area contributed by atoms with Gasteiger partial charge < -0.3 is 5.32 Å². The van der Waals surface area contributed by atoms with Crippen molar-refractivity contribution >= 4 is 11.3 Å². The summed E-state index contributed by atoms with van der Waals surface area (Å²) in [6.07, 6.45) is 6.33. The van der Waals surface area contributed by atoms with Crippen LogP contribution in [0.5, 0.6) is 0 Å². The average Bonchev–Trinajstić information content (AvgIpc) is 3.10. The first-order valence-electron chi connectivity index (χ1n) is 7.86. The van der Waals surface area contributed by atoms with Crippen LogP contribution in [-0.2, 0) is 6.54 Å². The monoisotopic (exact) mass is 306 g/mol. The fraction of sp³-hybridized carbons (Fsp3) is 0.625. The van der Waals surface area contributed by atoms with E-state index in [9.17, 15) is 0 Å². The van der Waals surface area contributed by atoms with E-state index in [4.69, 9.17) is 4.98 Å². The number of rotatable bonds is 8. The van der Waals surface area contributed by atoms with Crippen LogP contribution >= 0.6 is 11.3 Å². The van der Waals surface area contributed by atoms with E-state index in [0.717, 1.165) is 30.9 Å². The molecule has 0 spiro atoms. The first-order valence-corrected chi connectivity index (χ1v) is 8.74. The molecule has 0 aliphatic carbocycles. The maximum absolute atomic E-state index is 4.81. The molecule has 2 heterocycles. The lowest BCUT2D eigenvalue weighted by Crippen LogP contribution is -2.22. The van der Waals surface area contributed by atoms with Crippen LogP contribution in [0, 0.1) is 0 Å². The van der Waals surface area contributed by atoms with Crippen LogP contribution in [0.25, 0.3) is 0 Å². The molecule has 0 amide bonds. The van der Waals surface area contributed by atoms with E-state index < -0.39 is 0 Å². The Bertz CT molecular complexity index is 544. The molecule has 0 saturated carbocycles. The highest BCUT2D eigenvalue weighted by atomic mass is 32.1. The fourth-order valence-corrected chi connectivity index (χ4v) is 3.29. The zero-order valence-electron chi connectivity index (χ0n) is 13.5. The van der Waals surface area contributed by atoms with E-state index in [1.54, 1.807) is 11.3 Å². The maximum atomic E-state index is 4.81. The third-order valence-electron chi connectivity index (χ3n) is 3.42. The molecule has 1 N–H and O–H groups in total. The van der Waals surface area contributed by atoms with Gasteiger partial charge in [0.05, 0.1) is 17.9 Å². The van der Waals surface area contributed by atoms with Crippen molar-refractivity contribution in [2.24, 2.45) is 0 Å². The topological polar surface area (TPSA) is 42.7 Å². The predicted octanol–water partition coefficient (Wildman–Crippen LogP) is 3.96. The third-order valence-corrected chi connectivity index (χ3v) is 4.34. The second-order valence-corrected chi connectivity index (χ2v) is 6.58. The van der Waals surface area contributed by atoms with Crippen LogP contribution in [0.1, 0.15) is 68.8 Å². The van der Waals surface area contributed by atoms with Gasteiger partial charge in [0.2, 0.25) is 0 Å². The molecular formula is C16H26N4S. The largest absolute Gasteiger partial charge is 0.304 e. The summed E-state index contributed by atoms with van der Waals surface area (Å²) < 4.78 is 2.02. The van der Waals surface area contributed by atoms with Gasteiger partial charge in [0.25, 0.3) is 0 Å². The molecule has 1 atom stereocenters. The van der Waals surface area contributed by atoms with Gasteiger partial charge in [-0.25, -0.2) is 4.98 Å². The summed E-state index contributed by atoms with van der Waals surface area (Å²) >= 11 is 1.74. The Morgan fingerprint density at radius 3 is 2.71 bits per heavy atom. The highest BCUT2D eigenvalue weighted by molar-refractivity contribution is 7.09. The molecule has 0 fully saturated rings. The Kier molecular flexibility index (Phi) is 5.94. The second kappa shape index (κ2) is 7.71. The van der Waals surface area contributed by atoms with Crippen molar-refractivity contribution in [1.29, 1.82) is 0 Å². The summed E-state index contributed by atoms with van der Waals surface area (Å²) in [5.41, 5.74) is 2.39. The number of nitrogens with zero attached hydrogens (tertiary/aromatic N) is 3. The normalized spacial score (nSPS) is 13.0. The van der Waals surface area contributed by atoms with Crippen molar-refractivity contribution in [2.75, 3.05) is 6.54 Å². The van der Waals surface area contributed by atoms with Gasteiger partial charge in [-0.05, 0) is 25.3 Å².